The number of piperazine rings is 1. The lowest BCUT2D eigenvalue weighted by Crippen LogP contribution is -2.44. The van der Waals surface area contributed by atoms with Gasteiger partial charge in [0.25, 0.3) is 0 Å². The number of hydrogen-bond donors (Lipinski definition) is 1. The molecule has 0 atom stereocenters. The molecule has 0 radical (unpaired) electrons. The van der Waals surface area contributed by atoms with E-state index in [4.69, 9.17) is 11.6 Å². The van der Waals surface area contributed by atoms with Crippen molar-refractivity contribution in [2.45, 2.75) is 0 Å². The van der Waals surface area contributed by atoms with E-state index in [1.165, 1.54) is 0 Å². The summed E-state index contributed by atoms with van der Waals surface area (Å²) >= 11 is 5.91. The number of anilines is 2. The Morgan fingerprint density at radius 3 is 2.53 bits per heavy atom. The molecule has 0 aliphatic carbocycles. The first kappa shape index (κ1) is 14.3. The summed E-state index contributed by atoms with van der Waals surface area (Å²) in [5.74, 6) is 0.867. The number of rotatable bonds is 2. The molecule has 1 saturated heterocycles. The van der Waals surface area contributed by atoms with Gasteiger partial charge in [-0.05, 0) is 0 Å². The Hall–Kier alpha value is -0.780. The number of hydrogen-bond acceptors (Lipinski definition) is 5. The molecule has 0 saturated carbocycles. The van der Waals surface area contributed by atoms with Crippen molar-refractivity contribution in [2.75, 3.05) is 50.1 Å². The lowest BCUT2D eigenvalue weighted by molar-refractivity contribution is 0.588. The Kier molecular flexibility index (Phi) is 5.24. The maximum Gasteiger partial charge on any atom is 0.174 e. The van der Waals surface area contributed by atoms with Crippen LogP contribution in [-0.4, -0.2) is 50.5 Å². The van der Waals surface area contributed by atoms with Gasteiger partial charge in [0.15, 0.2) is 11.0 Å². The first-order valence-corrected chi connectivity index (χ1v) is 5.72. The van der Waals surface area contributed by atoms with Crippen LogP contribution in [0.1, 0.15) is 0 Å². The molecule has 17 heavy (non-hydrogen) atoms. The third-order valence-electron chi connectivity index (χ3n) is 2.61. The quantitative estimate of drug-likeness (QED) is 0.875. The highest BCUT2D eigenvalue weighted by Crippen LogP contribution is 2.27. The summed E-state index contributed by atoms with van der Waals surface area (Å²) in [6.07, 6.45) is 0. The van der Waals surface area contributed by atoms with Crippen LogP contribution in [-0.2, 0) is 0 Å². The van der Waals surface area contributed by atoms with Crippen LogP contribution in [0.3, 0.4) is 0 Å². The van der Waals surface area contributed by atoms with E-state index < -0.39 is 0 Å². The third-order valence-corrected chi connectivity index (χ3v) is 2.79. The van der Waals surface area contributed by atoms with E-state index in [2.05, 4.69) is 20.4 Å². The van der Waals surface area contributed by atoms with Gasteiger partial charge in [0.05, 0.1) is 5.69 Å². The summed E-state index contributed by atoms with van der Waals surface area (Å²) in [6, 6.07) is 1.88. The zero-order valence-electron chi connectivity index (χ0n) is 9.98. The molecular weight excluding hydrogens is 261 g/mol. The van der Waals surface area contributed by atoms with Crippen molar-refractivity contribution in [2.24, 2.45) is 0 Å². The summed E-state index contributed by atoms with van der Waals surface area (Å²) in [5, 5.41) is 11.8. The second-order valence-corrected chi connectivity index (χ2v) is 4.39. The van der Waals surface area contributed by atoms with E-state index in [0.29, 0.717) is 5.15 Å². The molecule has 7 heteroatoms. The van der Waals surface area contributed by atoms with Gasteiger partial charge in [-0.1, -0.05) is 11.6 Å². The fraction of sp³-hybridized carbons (Fsp3) is 0.600. The molecule has 1 aliphatic heterocycles. The largest absolute Gasteiger partial charge is 0.366 e. The van der Waals surface area contributed by atoms with Gasteiger partial charge in [0.1, 0.15) is 0 Å². The number of nitrogens with one attached hydrogen (secondary N) is 1. The average Bonchev–Trinajstić information content (AvgIpc) is 2.29. The summed E-state index contributed by atoms with van der Waals surface area (Å²) in [7, 11) is 3.92. The molecule has 5 nitrogen and oxygen atoms in total. The highest BCUT2D eigenvalue weighted by Gasteiger charge is 2.17. The summed E-state index contributed by atoms with van der Waals surface area (Å²) in [4.78, 5) is 4.24. The standard InChI is InChI=1S/C10H16ClN5.ClH/c1-15(2)10-8(7-9(11)13-14-10)16-5-3-12-4-6-16;/h7,12H,3-6H2,1-2H3;1H. The van der Waals surface area contributed by atoms with E-state index in [-0.39, 0.29) is 12.4 Å². The highest BCUT2D eigenvalue weighted by molar-refractivity contribution is 6.29. The summed E-state index contributed by atoms with van der Waals surface area (Å²) in [5.41, 5.74) is 1.06. The molecule has 0 amide bonds. The average molecular weight is 278 g/mol. The molecule has 0 unspecified atom stereocenters. The minimum absolute atomic E-state index is 0. The van der Waals surface area contributed by atoms with Gasteiger partial charge < -0.3 is 15.1 Å². The maximum absolute atomic E-state index is 5.91. The van der Waals surface area contributed by atoms with Crippen molar-refractivity contribution in [1.29, 1.82) is 0 Å². The van der Waals surface area contributed by atoms with Crippen molar-refractivity contribution in [3.63, 3.8) is 0 Å². The predicted molar refractivity (Wildman–Crippen MR) is 73.7 cm³/mol. The Morgan fingerprint density at radius 2 is 1.94 bits per heavy atom. The van der Waals surface area contributed by atoms with Crippen LogP contribution in [0, 0.1) is 0 Å². The SMILES string of the molecule is CN(C)c1nnc(Cl)cc1N1CCNCC1.Cl. The zero-order chi connectivity index (χ0) is 11.5. The van der Waals surface area contributed by atoms with Crippen LogP contribution in [0.2, 0.25) is 5.15 Å². The number of nitrogens with zero attached hydrogens (tertiary/aromatic N) is 4. The van der Waals surface area contributed by atoms with Gasteiger partial charge in [0.2, 0.25) is 0 Å². The van der Waals surface area contributed by atoms with Crippen molar-refractivity contribution in [3.05, 3.63) is 11.2 Å². The van der Waals surface area contributed by atoms with Gasteiger partial charge >= 0.3 is 0 Å². The van der Waals surface area contributed by atoms with Gasteiger partial charge in [-0.2, -0.15) is 0 Å². The van der Waals surface area contributed by atoms with Crippen LogP contribution in [0.15, 0.2) is 6.07 Å². The Labute approximate surface area is 113 Å². The van der Waals surface area contributed by atoms with E-state index >= 15 is 0 Å². The molecule has 1 aliphatic rings. The highest BCUT2D eigenvalue weighted by atomic mass is 35.5. The minimum atomic E-state index is 0. The smallest absolute Gasteiger partial charge is 0.174 e. The second kappa shape index (κ2) is 6.23. The van der Waals surface area contributed by atoms with Crippen LogP contribution in [0.4, 0.5) is 11.5 Å². The van der Waals surface area contributed by atoms with Crippen molar-refractivity contribution in [1.82, 2.24) is 15.5 Å². The molecule has 1 N–H and O–H groups in total. The van der Waals surface area contributed by atoms with Crippen LogP contribution < -0.4 is 15.1 Å². The molecule has 2 heterocycles. The maximum atomic E-state index is 5.91. The second-order valence-electron chi connectivity index (χ2n) is 4.01. The van der Waals surface area contributed by atoms with Crippen LogP contribution in [0.25, 0.3) is 0 Å². The first-order chi connectivity index (χ1) is 7.68. The Bertz CT molecular complexity index is 366. The monoisotopic (exact) mass is 277 g/mol. The molecule has 1 aromatic heterocycles. The van der Waals surface area contributed by atoms with Gasteiger partial charge in [-0.25, -0.2) is 0 Å². The van der Waals surface area contributed by atoms with E-state index in [0.717, 1.165) is 37.7 Å². The Balaban J connectivity index is 0.00000144. The van der Waals surface area contributed by atoms with Gasteiger partial charge in [-0.3, -0.25) is 0 Å². The fourth-order valence-electron chi connectivity index (χ4n) is 1.81. The van der Waals surface area contributed by atoms with Crippen LogP contribution >= 0.6 is 24.0 Å². The molecule has 0 spiro atoms. The number of halogens is 2. The van der Waals surface area contributed by atoms with Crippen LogP contribution in [0.5, 0.6) is 0 Å². The first-order valence-electron chi connectivity index (χ1n) is 5.34. The molecule has 0 bridgehead atoms. The molecular formula is C10H17Cl2N5. The normalized spacial score (nSPS) is 15.4. The molecule has 2 rings (SSSR count). The van der Waals surface area contributed by atoms with E-state index in [1.54, 1.807) is 0 Å². The predicted octanol–water partition coefficient (Wildman–Crippen LogP) is 1.03. The van der Waals surface area contributed by atoms with Crippen molar-refractivity contribution < 1.29 is 0 Å². The Morgan fingerprint density at radius 1 is 1.29 bits per heavy atom. The minimum Gasteiger partial charge on any atom is -0.366 e. The molecule has 1 aromatic rings. The van der Waals surface area contributed by atoms with E-state index in [9.17, 15) is 0 Å². The summed E-state index contributed by atoms with van der Waals surface area (Å²) < 4.78 is 0. The van der Waals surface area contributed by atoms with Gasteiger partial charge in [-0.15, -0.1) is 22.6 Å². The summed E-state index contributed by atoms with van der Waals surface area (Å²) in [6.45, 7) is 3.94. The third kappa shape index (κ3) is 3.34. The lowest BCUT2D eigenvalue weighted by Gasteiger charge is -2.31. The van der Waals surface area contributed by atoms with Crippen molar-refractivity contribution in [3.8, 4) is 0 Å². The van der Waals surface area contributed by atoms with Gasteiger partial charge in [0, 0.05) is 46.3 Å². The molecule has 96 valence electrons. The fourth-order valence-corrected chi connectivity index (χ4v) is 1.95. The molecule has 0 aromatic carbocycles. The lowest BCUT2D eigenvalue weighted by atomic mass is 10.3. The zero-order valence-corrected chi connectivity index (χ0v) is 11.6. The topological polar surface area (TPSA) is 44.3 Å². The van der Waals surface area contributed by atoms with Crippen molar-refractivity contribution >= 4 is 35.5 Å². The number of aromatic nitrogens is 2. The van der Waals surface area contributed by atoms with E-state index in [1.807, 2.05) is 25.1 Å². The molecule has 1 fully saturated rings.